The van der Waals surface area contributed by atoms with E-state index in [-0.39, 0.29) is 18.0 Å². The summed E-state index contributed by atoms with van der Waals surface area (Å²) in [6, 6.07) is 1.46. The SMILES string of the molecule is COC(=O)C(NC(=O)N1CCc2[nH]cnc2C1c1cccc(F)c1F)C(C)C. The van der Waals surface area contributed by atoms with Crippen LogP contribution >= 0.6 is 0 Å². The smallest absolute Gasteiger partial charge is 0.328 e. The summed E-state index contributed by atoms with van der Waals surface area (Å²) in [6.07, 6.45) is 1.93. The first-order valence-electron chi connectivity index (χ1n) is 8.96. The molecule has 2 amide bonds. The zero-order chi connectivity index (χ0) is 20.4. The number of carbonyl (C=O) groups is 2. The Bertz CT molecular complexity index is 884. The van der Waals surface area contributed by atoms with Crippen LogP contribution in [0.5, 0.6) is 0 Å². The number of nitrogens with one attached hydrogen (secondary N) is 2. The second kappa shape index (κ2) is 7.95. The molecule has 1 aromatic heterocycles. The summed E-state index contributed by atoms with van der Waals surface area (Å²) >= 11 is 0. The lowest BCUT2D eigenvalue weighted by molar-refractivity contribution is -0.144. The first-order valence-corrected chi connectivity index (χ1v) is 8.96. The molecular weight excluding hydrogens is 370 g/mol. The van der Waals surface area contributed by atoms with Gasteiger partial charge in [0.25, 0.3) is 0 Å². The maximum Gasteiger partial charge on any atom is 0.328 e. The highest BCUT2D eigenvalue weighted by atomic mass is 19.2. The van der Waals surface area contributed by atoms with Gasteiger partial charge in [-0.15, -0.1) is 0 Å². The number of imidazole rings is 1. The van der Waals surface area contributed by atoms with Crippen LogP contribution in [0.2, 0.25) is 0 Å². The quantitative estimate of drug-likeness (QED) is 0.783. The van der Waals surface area contributed by atoms with E-state index in [9.17, 15) is 18.4 Å². The van der Waals surface area contributed by atoms with E-state index in [1.165, 1.54) is 30.5 Å². The molecule has 0 saturated carbocycles. The van der Waals surface area contributed by atoms with E-state index in [0.717, 1.165) is 11.8 Å². The number of halogens is 2. The number of rotatable bonds is 4. The molecule has 1 aliphatic rings. The molecule has 7 nitrogen and oxygen atoms in total. The molecule has 2 atom stereocenters. The Balaban J connectivity index is 1.98. The Hall–Kier alpha value is -2.97. The fraction of sp³-hybridized carbons (Fsp3) is 0.421. The maximum atomic E-state index is 14.6. The molecule has 28 heavy (non-hydrogen) atoms. The summed E-state index contributed by atoms with van der Waals surface area (Å²) in [5.41, 5.74) is 1.21. The summed E-state index contributed by atoms with van der Waals surface area (Å²) in [5.74, 6) is -2.83. The van der Waals surface area contributed by atoms with Crippen molar-refractivity contribution in [2.45, 2.75) is 32.4 Å². The zero-order valence-corrected chi connectivity index (χ0v) is 15.8. The molecule has 9 heteroatoms. The van der Waals surface area contributed by atoms with Crippen molar-refractivity contribution in [2.24, 2.45) is 5.92 Å². The number of aromatic nitrogens is 2. The molecule has 2 unspecified atom stereocenters. The van der Waals surface area contributed by atoms with E-state index in [1.807, 2.05) is 0 Å². The molecule has 3 rings (SSSR count). The van der Waals surface area contributed by atoms with Crippen molar-refractivity contribution in [3.05, 3.63) is 53.1 Å². The standard InChI is InChI=1S/C19H22F2N4O3/c1-10(2)15(18(26)28-3)24-19(27)25-8-7-13-16(23-9-22-13)17(25)11-5-4-6-12(20)14(11)21/h4-6,9-10,15,17H,7-8H2,1-3H3,(H,22,23)(H,24,27). The third-order valence-electron chi connectivity index (χ3n) is 4.86. The predicted molar refractivity (Wildman–Crippen MR) is 96.4 cm³/mol. The lowest BCUT2D eigenvalue weighted by Crippen LogP contribution is -2.53. The predicted octanol–water partition coefficient (Wildman–Crippen LogP) is 2.54. The van der Waals surface area contributed by atoms with Gasteiger partial charge in [0.15, 0.2) is 11.6 Å². The van der Waals surface area contributed by atoms with E-state index >= 15 is 0 Å². The molecule has 2 N–H and O–H groups in total. The topological polar surface area (TPSA) is 87.3 Å². The van der Waals surface area contributed by atoms with Gasteiger partial charge in [-0.25, -0.2) is 23.4 Å². The highest BCUT2D eigenvalue weighted by Gasteiger charge is 2.38. The minimum atomic E-state index is -1.03. The van der Waals surface area contributed by atoms with E-state index in [2.05, 4.69) is 15.3 Å². The molecule has 0 fully saturated rings. The van der Waals surface area contributed by atoms with Gasteiger partial charge < -0.3 is 19.9 Å². The van der Waals surface area contributed by atoms with Crippen LogP contribution in [-0.4, -0.2) is 46.6 Å². The molecule has 0 spiro atoms. The van der Waals surface area contributed by atoms with Crippen LogP contribution in [0.15, 0.2) is 24.5 Å². The average molecular weight is 392 g/mol. The maximum absolute atomic E-state index is 14.6. The summed E-state index contributed by atoms with van der Waals surface area (Å²) in [6.45, 7) is 3.79. The normalized spacial score (nSPS) is 17.2. The van der Waals surface area contributed by atoms with Gasteiger partial charge in [0.05, 0.1) is 19.1 Å². The molecule has 0 radical (unpaired) electrons. The molecule has 2 aromatic rings. The number of amides is 2. The van der Waals surface area contributed by atoms with Gasteiger partial charge in [-0.2, -0.15) is 0 Å². The van der Waals surface area contributed by atoms with Gasteiger partial charge in [0, 0.05) is 24.2 Å². The fourth-order valence-corrected chi connectivity index (χ4v) is 3.38. The van der Waals surface area contributed by atoms with E-state index in [4.69, 9.17) is 4.74 Å². The largest absolute Gasteiger partial charge is 0.467 e. The number of hydrogen-bond donors (Lipinski definition) is 2. The van der Waals surface area contributed by atoms with E-state index in [0.29, 0.717) is 12.1 Å². The number of carbonyl (C=O) groups excluding carboxylic acids is 2. The van der Waals surface area contributed by atoms with Crippen molar-refractivity contribution in [1.82, 2.24) is 20.2 Å². The molecule has 0 saturated heterocycles. The first kappa shape index (κ1) is 19.8. The lowest BCUT2D eigenvalue weighted by atomic mass is 9.95. The minimum Gasteiger partial charge on any atom is -0.467 e. The lowest BCUT2D eigenvalue weighted by Gasteiger charge is -2.36. The van der Waals surface area contributed by atoms with Gasteiger partial charge in [-0.3, -0.25) is 0 Å². The summed E-state index contributed by atoms with van der Waals surface area (Å²) in [5, 5.41) is 2.65. The summed E-state index contributed by atoms with van der Waals surface area (Å²) in [4.78, 5) is 33.6. The number of nitrogens with zero attached hydrogens (tertiary/aromatic N) is 2. The molecule has 150 valence electrons. The minimum absolute atomic E-state index is 0.00219. The molecule has 1 aromatic carbocycles. The number of hydrogen-bond acceptors (Lipinski definition) is 4. The van der Waals surface area contributed by atoms with E-state index < -0.39 is 35.7 Å². The second-order valence-electron chi connectivity index (χ2n) is 6.95. The van der Waals surface area contributed by atoms with Crippen LogP contribution < -0.4 is 5.32 Å². The number of benzene rings is 1. The van der Waals surface area contributed by atoms with Crippen molar-refractivity contribution in [1.29, 1.82) is 0 Å². The van der Waals surface area contributed by atoms with Crippen LogP contribution in [-0.2, 0) is 16.0 Å². The van der Waals surface area contributed by atoms with Crippen LogP contribution in [0, 0.1) is 17.6 Å². The number of urea groups is 1. The number of ether oxygens (including phenoxy) is 1. The Morgan fingerprint density at radius 2 is 2.11 bits per heavy atom. The number of methoxy groups -OCH3 is 1. The molecular formula is C19H22F2N4O3. The Kier molecular flexibility index (Phi) is 5.62. The number of H-pyrrole nitrogens is 1. The highest BCUT2D eigenvalue weighted by Crippen LogP contribution is 2.35. The van der Waals surface area contributed by atoms with Crippen molar-refractivity contribution in [3.8, 4) is 0 Å². The number of fused-ring (bicyclic) bond motifs is 1. The third-order valence-corrected chi connectivity index (χ3v) is 4.86. The highest BCUT2D eigenvalue weighted by molar-refractivity contribution is 5.84. The molecule has 2 heterocycles. The number of aromatic amines is 1. The molecule has 0 bridgehead atoms. The van der Waals surface area contributed by atoms with Crippen LogP contribution in [0.25, 0.3) is 0 Å². The average Bonchev–Trinajstić information content (AvgIpc) is 3.15. The summed E-state index contributed by atoms with van der Waals surface area (Å²) < 4.78 is 33.2. The Labute approximate surface area is 161 Å². The van der Waals surface area contributed by atoms with Gasteiger partial charge in [-0.1, -0.05) is 26.0 Å². The monoisotopic (exact) mass is 392 g/mol. The van der Waals surface area contributed by atoms with Crippen molar-refractivity contribution >= 4 is 12.0 Å². The first-order chi connectivity index (χ1) is 13.3. The van der Waals surface area contributed by atoms with Crippen LogP contribution in [0.4, 0.5) is 13.6 Å². The second-order valence-corrected chi connectivity index (χ2v) is 6.95. The van der Waals surface area contributed by atoms with Gasteiger partial charge >= 0.3 is 12.0 Å². The zero-order valence-electron chi connectivity index (χ0n) is 15.8. The van der Waals surface area contributed by atoms with Gasteiger partial charge in [-0.05, 0) is 12.0 Å². The van der Waals surface area contributed by atoms with Crippen LogP contribution in [0.1, 0.15) is 36.8 Å². The van der Waals surface area contributed by atoms with Gasteiger partial charge in [0.2, 0.25) is 0 Å². The molecule has 0 aliphatic carbocycles. The van der Waals surface area contributed by atoms with E-state index in [1.54, 1.807) is 13.8 Å². The van der Waals surface area contributed by atoms with Crippen molar-refractivity contribution < 1.29 is 23.1 Å². The summed E-state index contributed by atoms with van der Waals surface area (Å²) in [7, 11) is 1.24. The van der Waals surface area contributed by atoms with Crippen molar-refractivity contribution in [3.63, 3.8) is 0 Å². The number of esters is 1. The fourth-order valence-electron chi connectivity index (χ4n) is 3.38. The van der Waals surface area contributed by atoms with Gasteiger partial charge in [0.1, 0.15) is 12.1 Å². The molecule has 1 aliphatic heterocycles. The third kappa shape index (κ3) is 3.56. The van der Waals surface area contributed by atoms with Crippen LogP contribution in [0.3, 0.4) is 0 Å². The Morgan fingerprint density at radius 1 is 1.36 bits per heavy atom. The van der Waals surface area contributed by atoms with Crippen molar-refractivity contribution in [2.75, 3.05) is 13.7 Å². The Morgan fingerprint density at radius 3 is 2.79 bits per heavy atom.